The predicted octanol–water partition coefficient (Wildman–Crippen LogP) is 9.68. The number of imidazole rings is 1. The molecule has 6 aromatic carbocycles. The summed E-state index contributed by atoms with van der Waals surface area (Å²) in [6, 6.07) is 52.9. The highest BCUT2D eigenvalue weighted by atomic mass is 15.3. The van der Waals surface area contributed by atoms with Crippen LogP contribution in [0.5, 0.6) is 0 Å². The van der Waals surface area contributed by atoms with Gasteiger partial charge in [-0.25, -0.2) is 9.97 Å². The number of fused-ring (bicyclic) bond motifs is 8. The van der Waals surface area contributed by atoms with Crippen LogP contribution in [0.25, 0.3) is 83.5 Å². The molecule has 220 valence electrons. The first-order valence-corrected chi connectivity index (χ1v) is 15.7. The van der Waals surface area contributed by atoms with Crippen molar-refractivity contribution in [1.82, 2.24) is 28.7 Å². The Kier molecular flexibility index (Phi) is 5.48. The van der Waals surface area contributed by atoms with Crippen LogP contribution in [-0.2, 0) is 0 Å². The average Bonchev–Trinajstić information content (AvgIpc) is 3.80. The number of hydrogen-bond acceptors (Lipinski definition) is 3. The van der Waals surface area contributed by atoms with E-state index in [0.717, 1.165) is 61.4 Å². The summed E-state index contributed by atoms with van der Waals surface area (Å²) in [4.78, 5) is 15.4. The molecule has 10 aromatic rings. The Morgan fingerprint density at radius 2 is 0.915 bits per heavy atom. The Morgan fingerprint density at radius 3 is 1.55 bits per heavy atom. The van der Waals surface area contributed by atoms with Crippen LogP contribution in [-0.4, -0.2) is 28.7 Å². The Labute approximate surface area is 269 Å². The second-order valence-electron chi connectivity index (χ2n) is 11.7. The molecule has 0 unspecified atom stereocenters. The van der Waals surface area contributed by atoms with Gasteiger partial charge in [0.1, 0.15) is 0 Å². The Hall–Kier alpha value is -6.53. The van der Waals surface area contributed by atoms with Crippen LogP contribution in [0.15, 0.2) is 158 Å². The molecule has 0 bridgehead atoms. The van der Waals surface area contributed by atoms with E-state index in [0.29, 0.717) is 11.3 Å². The highest BCUT2D eigenvalue weighted by Crippen LogP contribution is 2.42. The van der Waals surface area contributed by atoms with Gasteiger partial charge in [-0.05, 0) is 36.4 Å². The molecule has 4 aromatic heterocycles. The second-order valence-corrected chi connectivity index (χ2v) is 11.7. The van der Waals surface area contributed by atoms with Crippen molar-refractivity contribution in [3.05, 3.63) is 158 Å². The van der Waals surface area contributed by atoms with E-state index in [4.69, 9.17) is 15.0 Å². The third-order valence-corrected chi connectivity index (χ3v) is 9.12. The largest absolute Gasteiger partial charge is 0.307 e. The van der Waals surface area contributed by atoms with Gasteiger partial charge in [0.15, 0.2) is 11.3 Å². The summed E-state index contributed by atoms with van der Waals surface area (Å²) in [5, 5.41) is 4.71. The van der Waals surface area contributed by atoms with Crippen molar-refractivity contribution >= 4 is 54.9 Å². The molecule has 0 saturated carbocycles. The summed E-state index contributed by atoms with van der Waals surface area (Å²) in [5.41, 5.74) is 9.59. The monoisotopic (exact) mass is 602 g/mol. The standard InChI is InChI=1S/C41H26N6/c1-4-14-27(15-5-1)34-26-42-40-39(43-34)44-41(46(40)29-18-8-3-9-19-29)47-36-23-13-11-21-31(36)33-25-24-32-30-20-10-12-22-35(30)45(37(32)38(33)47)28-16-6-2-7-17-28/h1-26H. The van der Waals surface area contributed by atoms with Gasteiger partial charge in [-0.2, -0.15) is 4.98 Å². The van der Waals surface area contributed by atoms with Crippen LogP contribution in [0.1, 0.15) is 0 Å². The molecule has 4 heterocycles. The molecule has 47 heavy (non-hydrogen) atoms. The van der Waals surface area contributed by atoms with E-state index in [1.54, 1.807) is 0 Å². The molecule has 10 rings (SSSR count). The molecular formula is C41H26N6. The minimum Gasteiger partial charge on any atom is -0.307 e. The molecule has 0 spiro atoms. The highest BCUT2D eigenvalue weighted by Gasteiger charge is 2.25. The molecule has 0 aliphatic rings. The lowest BCUT2D eigenvalue weighted by Gasteiger charge is -2.14. The quantitative estimate of drug-likeness (QED) is 0.202. The van der Waals surface area contributed by atoms with Gasteiger partial charge in [-0.1, -0.05) is 115 Å². The van der Waals surface area contributed by atoms with E-state index in [-0.39, 0.29) is 0 Å². The van der Waals surface area contributed by atoms with E-state index >= 15 is 0 Å². The van der Waals surface area contributed by atoms with Gasteiger partial charge in [-0.15, -0.1) is 0 Å². The van der Waals surface area contributed by atoms with Crippen LogP contribution in [0.3, 0.4) is 0 Å². The van der Waals surface area contributed by atoms with Crippen molar-refractivity contribution in [3.8, 4) is 28.6 Å². The van der Waals surface area contributed by atoms with Crippen molar-refractivity contribution in [1.29, 1.82) is 0 Å². The van der Waals surface area contributed by atoms with Gasteiger partial charge in [0, 0.05) is 32.8 Å². The van der Waals surface area contributed by atoms with Crippen molar-refractivity contribution in [3.63, 3.8) is 0 Å². The maximum Gasteiger partial charge on any atom is 0.223 e. The van der Waals surface area contributed by atoms with Gasteiger partial charge in [0.25, 0.3) is 0 Å². The fourth-order valence-corrected chi connectivity index (χ4v) is 7.11. The maximum atomic E-state index is 5.32. The highest BCUT2D eigenvalue weighted by molar-refractivity contribution is 6.23. The third-order valence-electron chi connectivity index (χ3n) is 9.12. The molecule has 6 heteroatoms. The van der Waals surface area contributed by atoms with Crippen LogP contribution < -0.4 is 0 Å². The molecule has 6 nitrogen and oxygen atoms in total. The second kappa shape index (κ2) is 9.99. The predicted molar refractivity (Wildman–Crippen MR) is 191 cm³/mol. The van der Waals surface area contributed by atoms with Crippen molar-refractivity contribution < 1.29 is 0 Å². The van der Waals surface area contributed by atoms with Crippen LogP contribution >= 0.6 is 0 Å². The van der Waals surface area contributed by atoms with E-state index in [2.05, 4.69) is 129 Å². The lowest BCUT2D eigenvalue weighted by Crippen LogP contribution is -2.06. The molecule has 0 atom stereocenters. The van der Waals surface area contributed by atoms with E-state index in [9.17, 15) is 0 Å². The normalized spacial score (nSPS) is 11.8. The molecule has 0 saturated heterocycles. The SMILES string of the molecule is c1ccc(-c2cnc3c(n2)nc(-n2c4ccccc4c4ccc5c6ccccc6n(-c6ccccc6)c5c42)n3-c2ccccc2)cc1. The number of nitrogens with zero attached hydrogens (tertiary/aromatic N) is 6. The molecule has 0 fully saturated rings. The first-order valence-electron chi connectivity index (χ1n) is 15.7. The van der Waals surface area contributed by atoms with Crippen molar-refractivity contribution in [2.24, 2.45) is 0 Å². The zero-order valence-electron chi connectivity index (χ0n) is 25.2. The smallest absolute Gasteiger partial charge is 0.223 e. The minimum absolute atomic E-state index is 0.590. The van der Waals surface area contributed by atoms with E-state index in [1.807, 2.05) is 42.6 Å². The van der Waals surface area contributed by atoms with Crippen molar-refractivity contribution in [2.75, 3.05) is 0 Å². The Balaban J connectivity index is 1.40. The van der Waals surface area contributed by atoms with E-state index in [1.165, 1.54) is 10.8 Å². The molecule has 0 radical (unpaired) electrons. The minimum atomic E-state index is 0.590. The number of rotatable bonds is 4. The van der Waals surface area contributed by atoms with Gasteiger partial charge in [-0.3, -0.25) is 9.13 Å². The zero-order valence-corrected chi connectivity index (χ0v) is 25.2. The summed E-state index contributed by atoms with van der Waals surface area (Å²) in [6.07, 6.45) is 1.85. The fourth-order valence-electron chi connectivity index (χ4n) is 7.11. The summed E-state index contributed by atoms with van der Waals surface area (Å²) in [5.74, 6) is 0.736. The summed E-state index contributed by atoms with van der Waals surface area (Å²) in [7, 11) is 0. The topological polar surface area (TPSA) is 53.5 Å². The van der Waals surface area contributed by atoms with Crippen molar-refractivity contribution in [2.45, 2.75) is 0 Å². The molecule has 0 amide bonds. The lowest BCUT2D eigenvalue weighted by molar-refractivity contribution is 0.947. The first kappa shape index (κ1) is 25.8. The van der Waals surface area contributed by atoms with E-state index < -0.39 is 0 Å². The Morgan fingerprint density at radius 1 is 0.404 bits per heavy atom. The summed E-state index contributed by atoms with van der Waals surface area (Å²) >= 11 is 0. The molecule has 0 N–H and O–H groups in total. The third kappa shape index (κ3) is 3.76. The summed E-state index contributed by atoms with van der Waals surface area (Å²) < 4.78 is 6.84. The summed E-state index contributed by atoms with van der Waals surface area (Å²) in [6.45, 7) is 0. The lowest BCUT2D eigenvalue weighted by atomic mass is 10.1. The molecule has 0 aliphatic carbocycles. The van der Waals surface area contributed by atoms with Gasteiger partial charge >= 0.3 is 0 Å². The van der Waals surface area contributed by atoms with Gasteiger partial charge < -0.3 is 4.57 Å². The Bertz CT molecular complexity index is 2770. The maximum absolute atomic E-state index is 5.32. The van der Waals surface area contributed by atoms with Gasteiger partial charge in [0.05, 0.1) is 39.6 Å². The van der Waals surface area contributed by atoms with Gasteiger partial charge in [0.2, 0.25) is 5.95 Å². The molecular weight excluding hydrogens is 576 g/mol. The zero-order chi connectivity index (χ0) is 30.9. The van der Waals surface area contributed by atoms with Crippen LogP contribution in [0.4, 0.5) is 0 Å². The number of para-hydroxylation sites is 4. The van der Waals surface area contributed by atoms with Crippen LogP contribution in [0.2, 0.25) is 0 Å². The number of hydrogen-bond donors (Lipinski definition) is 0. The number of aromatic nitrogens is 6. The average molecular weight is 603 g/mol. The first-order chi connectivity index (χ1) is 23.3. The number of benzene rings is 6. The molecule has 0 aliphatic heterocycles. The fraction of sp³-hybridized carbons (Fsp3) is 0. The van der Waals surface area contributed by atoms with Crippen LogP contribution in [0, 0.1) is 0 Å².